The molecule has 2 aromatic rings. The minimum atomic E-state index is -0.105. The number of carbonyl (C=O) groups excluding carboxylic acids is 1. The minimum Gasteiger partial charge on any atom is -0.362 e. The summed E-state index contributed by atoms with van der Waals surface area (Å²) in [6, 6.07) is 1.99. The number of rotatable bonds is 5. The van der Waals surface area contributed by atoms with Gasteiger partial charge in [0.25, 0.3) is 5.91 Å². The highest BCUT2D eigenvalue weighted by atomic mass is 32.1. The van der Waals surface area contributed by atoms with E-state index in [4.69, 9.17) is 0 Å². The number of aromatic amines is 1. The molecule has 0 saturated heterocycles. The second-order valence-corrected chi connectivity index (χ2v) is 7.17. The first kappa shape index (κ1) is 16.5. The molecule has 2 heterocycles. The topological polar surface area (TPSA) is 82.7 Å². The Kier molecular flexibility index (Phi) is 4.85. The number of thiazole rings is 1. The van der Waals surface area contributed by atoms with Crippen molar-refractivity contribution in [1.29, 1.82) is 0 Å². The van der Waals surface area contributed by atoms with Crippen LogP contribution < -0.4 is 10.6 Å². The van der Waals surface area contributed by atoms with Crippen LogP contribution in [-0.4, -0.2) is 27.6 Å². The zero-order valence-electron chi connectivity index (χ0n) is 13.7. The summed E-state index contributed by atoms with van der Waals surface area (Å²) < 4.78 is 0. The summed E-state index contributed by atoms with van der Waals surface area (Å²) >= 11 is 1.38. The number of carbonyl (C=O) groups is 1. The highest BCUT2D eigenvalue weighted by molar-refractivity contribution is 7.17. The van der Waals surface area contributed by atoms with Gasteiger partial charge in [0.05, 0.1) is 23.6 Å². The zero-order chi connectivity index (χ0) is 16.3. The Labute approximate surface area is 134 Å². The van der Waals surface area contributed by atoms with Gasteiger partial charge in [-0.1, -0.05) is 32.1 Å². The van der Waals surface area contributed by atoms with E-state index in [2.05, 4.69) is 46.6 Å². The van der Waals surface area contributed by atoms with Gasteiger partial charge in [-0.3, -0.25) is 9.89 Å². The predicted molar refractivity (Wildman–Crippen MR) is 89.5 cm³/mol. The molecule has 2 aromatic heterocycles. The zero-order valence-corrected chi connectivity index (χ0v) is 14.5. The summed E-state index contributed by atoms with van der Waals surface area (Å²) in [6.07, 6.45) is 0. The van der Waals surface area contributed by atoms with Crippen molar-refractivity contribution in [2.24, 2.45) is 0 Å². The first-order valence-electron chi connectivity index (χ1n) is 7.35. The molecule has 0 unspecified atom stereocenters. The molecule has 0 spiro atoms. The molecule has 120 valence electrons. The number of amides is 1. The molecular weight excluding hydrogens is 298 g/mol. The molecule has 6 nitrogen and oxygen atoms in total. The van der Waals surface area contributed by atoms with Crippen molar-refractivity contribution in [2.75, 3.05) is 11.9 Å². The Morgan fingerprint density at radius 1 is 1.41 bits per heavy atom. The van der Waals surface area contributed by atoms with Crippen LogP contribution in [0.3, 0.4) is 0 Å². The van der Waals surface area contributed by atoms with Crippen molar-refractivity contribution >= 4 is 22.4 Å². The molecule has 1 amide bonds. The quantitative estimate of drug-likeness (QED) is 0.791. The maximum absolute atomic E-state index is 12.3. The van der Waals surface area contributed by atoms with E-state index >= 15 is 0 Å². The Morgan fingerprint density at radius 3 is 2.73 bits per heavy atom. The Bertz CT molecular complexity index is 653. The molecule has 0 saturated carbocycles. The van der Waals surface area contributed by atoms with Crippen LogP contribution in [0.15, 0.2) is 6.07 Å². The number of nitrogens with one attached hydrogen (secondary N) is 3. The SMILES string of the molecule is CCNc1nc(C)c(C(=O)NCc2cc(C(C)(C)C)n[nH]2)s1. The third-order valence-corrected chi connectivity index (χ3v) is 4.28. The van der Waals surface area contributed by atoms with Gasteiger partial charge in [0, 0.05) is 12.0 Å². The normalized spacial score (nSPS) is 11.5. The fraction of sp³-hybridized carbons (Fsp3) is 0.533. The van der Waals surface area contributed by atoms with Crippen LogP contribution >= 0.6 is 11.3 Å². The van der Waals surface area contributed by atoms with Crippen LogP contribution in [-0.2, 0) is 12.0 Å². The number of aryl methyl sites for hydroxylation is 1. The average Bonchev–Trinajstić information content (AvgIpc) is 3.03. The minimum absolute atomic E-state index is 0.00621. The summed E-state index contributed by atoms with van der Waals surface area (Å²) in [5.74, 6) is -0.105. The lowest BCUT2D eigenvalue weighted by Gasteiger charge is -2.13. The summed E-state index contributed by atoms with van der Waals surface area (Å²) in [7, 11) is 0. The van der Waals surface area contributed by atoms with Crippen LogP contribution in [0.4, 0.5) is 5.13 Å². The highest BCUT2D eigenvalue weighted by Crippen LogP contribution is 2.23. The molecule has 0 bridgehead atoms. The maximum Gasteiger partial charge on any atom is 0.263 e. The Hall–Kier alpha value is -1.89. The van der Waals surface area contributed by atoms with Crippen molar-refractivity contribution in [1.82, 2.24) is 20.5 Å². The van der Waals surface area contributed by atoms with Gasteiger partial charge >= 0.3 is 0 Å². The fourth-order valence-electron chi connectivity index (χ4n) is 1.93. The van der Waals surface area contributed by atoms with Crippen molar-refractivity contribution < 1.29 is 4.79 Å². The lowest BCUT2D eigenvalue weighted by atomic mass is 9.92. The average molecular weight is 321 g/mol. The summed E-state index contributed by atoms with van der Waals surface area (Å²) in [4.78, 5) is 17.2. The molecule has 0 fully saturated rings. The van der Waals surface area contributed by atoms with E-state index in [-0.39, 0.29) is 11.3 Å². The van der Waals surface area contributed by atoms with Crippen molar-refractivity contribution in [3.8, 4) is 0 Å². The number of anilines is 1. The standard InChI is InChI=1S/C15H23N5OS/c1-6-16-14-18-9(2)12(22-14)13(21)17-8-10-7-11(20-19-10)15(3,4)5/h7H,6,8H2,1-5H3,(H,16,18)(H,17,21)(H,19,20). The molecule has 7 heteroatoms. The van der Waals surface area contributed by atoms with Gasteiger partial charge in [-0.25, -0.2) is 4.98 Å². The van der Waals surface area contributed by atoms with E-state index in [1.54, 1.807) is 0 Å². The van der Waals surface area contributed by atoms with Gasteiger partial charge in [-0.05, 0) is 19.9 Å². The first-order valence-corrected chi connectivity index (χ1v) is 8.17. The molecular formula is C15H23N5OS. The molecule has 22 heavy (non-hydrogen) atoms. The Balaban J connectivity index is 1.99. The second kappa shape index (κ2) is 6.48. The summed E-state index contributed by atoms with van der Waals surface area (Å²) in [6.45, 7) is 11.4. The van der Waals surface area contributed by atoms with Crippen LogP contribution in [0.1, 0.15) is 54.4 Å². The molecule has 0 aliphatic rings. The van der Waals surface area contributed by atoms with Crippen molar-refractivity contribution in [3.05, 3.63) is 28.0 Å². The second-order valence-electron chi connectivity index (χ2n) is 6.17. The monoisotopic (exact) mass is 321 g/mol. The summed E-state index contributed by atoms with van der Waals surface area (Å²) in [5.41, 5.74) is 2.62. The lowest BCUT2D eigenvalue weighted by molar-refractivity contribution is 0.0953. The summed E-state index contributed by atoms with van der Waals surface area (Å²) in [5, 5.41) is 14.1. The van der Waals surface area contributed by atoms with Crippen LogP contribution in [0.25, 0.3) is 0 Å². The van der Waals surface area contributed by atoms with Crippen LogP contribution in [0.2, 0.25) is 0 Å². The molecule has 2 rings (SSSR count). The van der Waals surface area contributed by atoms with Gasteiger partial charge in [-0.15, -0.1) is 0 Å². The number of hydrogen-bond donors (Lipinski definition) is 3. The highest BCUT2D eigenvalue weighted by Gasteiger charge is 2.18. The lowest BCUT2D eigenvalue weighted by Crippen LogP contribution is -2.22. The smallest absolute Gasteiger partial charge is 0.263 e. The van der Waals surface area contributed by atoms with E-state index < -0.39 is 0 Å². The van der Waals surface area contributed by atoms with Gasteiger partial charge in [-0.2, -0.15) is 5.10 Å². The van der Waals surface area contributed by atoms with E-state index in [0.717, 1.165) is 28.8 Å². The first-order chi connectivity index (χ1) is 10.3. The molecule has 0 atom stereocenters. The van der Waals surface area contributed by atoms with E-state index in [9.17, 15) is 4.79 Å². The van der Waals surface area contributed by atoms with Gasteiger partial charge in [0.2, 0.25) is 0 Å². The number of aromatic nitrogens is 3. The third-order valence-electron chi connectivity index (χ3n) is 3.17. The third kappa shape index (κ3) is 3.85. The Morgan fingerprint density at radius 2 is 2.14 bits per heavy atom. The molecule has 0 aliphatic carbocycles. The molecule has 0 radical (unpaired) electrons. The van der Waals surface area contributed by atoms with Crippen LogP contribution in [0, 0.1) is 6.92 Å². The molecule has 0 aromatic carbocycles. The molecule has 3 N–H and O–H groups in total. The van der Waals surface area contributed by atoms with Gasteiger partial charge in [0.15, 0.2) is 5.13 Å². The predicted octanol–water partition coefficient (Wildman–Crippen LogP) is 2.83. The fourth-order valence-corrected chi connectivity index (χ4v) is 2.88. The number of hydrogen-bond acceptors (Lipinski definition) is 5. The van der Waals surface area contributed by atoms with E-state index in [1.165, 1.54) is 11.3 Å². The number of nitrogens with zero attached hydrogens (tertiary/aromatic N) is 2. The van der Waals surface area contributed by atoms with Crippen molar-refractivity contribution in [3.63, 3.8) is 0 Å². The van der Waals surface area contributed by atoms with E-state index in [1.807, 2.05) is 19.9 Å². The maximum atomic E-state index is 12.3. The van der Waals surface area contributed by atoms with Crippen molar-refractivity contribution in [2.45, 2.75) is 46.6 Å². The largest absolute Gasteiger partial charge is 0.362 e. The molecule has 0 aliphatic heterocycles. The van der Waals surface area contributed by atoms with Gasteiger partial charge in [0.1, 0.15) is 4.88 Å². The van der Waals surface area contributed by atoms with Crippen LogP contribution in [0.5, 0.6) is 0 Å². The van der Waals surface area contributed by atoms with E-state index in [0.29, 0.717) is 11.4 Å². The van der Waals surface area contributed by atoms with Gasteiger partial charge < -0.3 is 10.6 Å². The number of H-pyrrole nitrogens is 1.